The van der Waals surface area contributed by atoms with Crippen LogP contribution in [0.3, 0.4) is 0 Å². The SMILES string of the molecule is CCNC(=NCC1(CCOCC)CC1)N1CCCC1.I. The largest absolute Gasteiger partial charge is 0.382 e. The molecule has 0 aromatic carbocycles. The molecule has 0 unspecified atom stereocenters. The van der Waals surface area contributed by atoms with Gasteiger partial charge in [-0.05, 0) is 51.4 Å². The van der Waals surface area contributed by atoms with Crippen molar-refractivity contribution in [3.63, 3.8) is 0 Å². The molecule has 2 fully saturated rings. The van der Waals surface area contributed by atoms with E-state index in [-0.39, 0.29) is 24.0 Å². The number of aliphatic imine (C=N–C) groups is 1. The van der Waals surface area contributed by atoms with Crippen molar-refractivity contribution in [1.82, 2.24) is 10.2 Å². The van der Waals surface area contributed by atoms with Gasteiger partial charge in [0.15, 0.2) is 5.96 Å². The van der Waals surface area contributed by atoms with Crippen LogP contribution in [0, 0.1) is 5.41 Å². The van der Waals surface area contributed by atoms with Gasteiger partial charge in [-0.2, -0.15) is 0 Å². The summed E-state index contributed by atoms with van der Waals surface area (Å²) in [5.74, 6) is 1.13. The van der Waals surface area contributed by atoms with E-state index in [9.17, 15) is 0 Å². The zero-order chi connectivity index (χ0) is 13.6. The second-order valence-electron chi connectivity index (χ2n) is 5.81. The monoisotopic (exact) mass is 395 g/mol. The molecule has 2 rings (SSSR count). The summed E-state index contributed by atoms with van der Waals surface area (Å²) in [6.07, 6.45) is 6.43. The van der Waals surface area contributed by atoms with Crippen LogP contribution in [0.4, 0.5) is 0 Å². The van der Waals surface area contributed by atoms with Gasteiger partial charge in [0.2, 0.25) is 0 Å². The van der Waals surface area contributed by atoms with Gasteiger partial charge in [-0.3, -0.25) is 4.99 Å². The van der Waals surface area contributed by atoms with E-state index in [1.54, 1.807) is 0 Å². The fourth-order valence-corrected chi connectivity index (χ4v) is 2.69. The van der Waals surface area contributed by atoms with Crippen LogP contribution in [0.15, 0.2) is 4.99 Å². The second kappa shape index (κ2) is 9.07. The van der Waals surface area contributed by atoms with Crippen LogP contribution in [0.2, 0.25) is 0 Å². The van der Waals surface area contributed by atoms with Crippen molar-refractivity contribution in [3.05, 3.63) is 0 Å². The van der Waals surface area contributed by atoms with E-state index in [1.165, 1.54) is 32.1 Å². The normalized spacial score (nSPS) is 20.7. The first-order valence-electron chi connectivity index (χ1n) is 7.91. The highest BCUT2D eigenvalue weighted by Gasteiger charge is 2.42. The first-order valence-corrected chi connectivity index (χ1v) is 7.91. The molecule has 1 saturated heterocycles. The number of ether oxygens (including phenoxy) is 1. The van der Waals surface area contributed by atoms with Crippen LogP contribution in [0.1, 0.15) is 46.0 Å². The van der Waals surface area contributed by atoms with E-state index in [0.29, 0.717) is 5.41 Å². The molecular formula is C15H30IN3O. The Morgan fingerprint density at radius 2 is 1.95 bits per heavy atom. The molecule has 1 N–H and O–H groups in total. The third kappa shape index (κ3) is 5.39. The van der Waals surface area contributed by atoms with Crippen molar-refractivity contribution in [1.29, 1.82) is 0 Å². The standard InChI is InChI=1S/C15H29N3O.HI/c1-3-16-14(18-10-5-6-11-18)17-13-15(7-8-15)9-12-19-4-2;/h3-13H2,1-2H3,(H,16,17);1H. The fourth-order valence-electron chi connectivity index (χ4n) is 2.69. The number of rotatable bonds is 7. The Morgan fingerprint density at radius 1 is 1.25 bits per heavy atom. The van der Waals surface area contributed by atoms with Gasteiger partial charge in [0.1, 0.15) is 0 Å². The molecule has 0 aromatic rings. The summed E-state index contributed by atoms with van der Waals surface area (Å²) in [7, 11) is 0. The molecular weight excluding hydrogens is 365 g/mol. The van der Waals surface area contributed by atoms with E-state index in [0.717, 1.165) is 45.4 Å². The third-order valence-electron chi connectivity index (χ3n) is 4.24. The average molecular weight is 395 g/mol. The van der Waals surface area contributed by atoms with Crippen molar-refractivity contribution in [2.45, 2.75) is 46.0 Å². The van der Waals surface area contributed by atoms with Gasteiger partial charge in [0.25, 0.3) is 0 Å². The lowest BCUT2D eigenvalue weighted by Crippen LogP contribution is -2.40. The molecule has 0 bridgehead atoms. The summed E-state index contributed by atoms with van der Waals surface area (Å²) >= 11 is 0. The van der Waals surface area contributed by atoms with Gasteiger partial charge in [-0.1, -0.05) is 0 Å². The predicted octanol–water partition coefficient (Wildman–Crippen LogP) is 2.87. The van der Waals surface area contributed by atoms with E-state index in [4.69, 9.17) is 9.73 Å². The fraction of sp³-hybridized carbons (Fsp3) is 0.933. The first kappa shape index (κ1) is 18.0. The van der Waals surface area contributed by atoms with E-state index >= 15 is 0 Å². The summed E-state index contributed by atoms with van der Waals surface area (Å²) in [5.41, 5.74) is 0.454. The van der Waals surface area contributed by atoms with Crippen molar-refractivity contribution < 1.29 is 4.74 Å². The maximum atomic E-state index is 5.49. The van der Waals surface area contributed by atoms with Gasteiger partial charge in [0, 0.05) is 39.4 Å². The van der Waals surface area contributed by atoms with Crippen LogP contribution in [0.5, 0.6) is 0 Å². The molecule has 20 heavy (non-hydrogen) atoms. The van der Waals surface area contributed by atoms with Gasteiger partial charge < -0.3 is 15.0 Å². The highest BCUT2D eigenvalue weighted by Crippen LogP contribution is 2.49. The molecule has 2 aliphatic rings. The smallest absolute Gasteiger partial charge is 0.193 e. The highest BCUT2D eigenvalue weighted by atomic mass is 127. The number of guanidine groups is 1. The third-order valence-corrected chi connectivity index (χ3v) is 4.24. The molecule has 118 valence electrons. The zero-order valence-electron chi connectivity index (χ0n) is 13.0. The summed E-state index contributed by atoms with van der Waals surface area (Å²) in [4.78, 5) is 7.29. The molecule has 0 radical (unpaired) electrons. The maximum absolute atomic E-state index is 5.49. The summed E-state index contributed by atoms with van der Waals surface area (Å²) in [6, 6.07) is 0. The molecule has 1 aliphatic heterocycles. The number of nitrogens with one attached hydrogen (secondary N) is 1. The minimum absolute atomic E-state index is 0. The van der Waals surface area contributed by atoms with Crippen LogP contribution >= 0.6 is 24.0 Å². The number of nitrogens with zero attached hydrogens (tertiary/aromatic N) is 2. The molecule has 0 spiro atoms. The quantitative estimate of drug-likeness (QED) is 0.312. The number of likely N-dealkylation sites (tertiary alicyclic amines) is 1. The summed E-state index contributed by atoms with van der Waals surface area (Å²) in [6.45, 7) is 10.2. The van der Waals surface area contributed by atoms with Crippen molar-refractivity contribution in [3.8, 4) is 0 Å². The zero-order valence-corrected chi connectivity index (χ0v) is 15.3. The Hall–Kier alpha value is -0.0400. The van der Waals surface area contributed by atoms with Gasteiger partial charge in [-0.25, -0.2) is 0 Å². The minimum Gasteiger partial charge on any atom is -0.382 e. The lowest BCUT2D eigenvalue weighted by Gasteiger charge is -2.22. The van der Waals surface area contributed by atoms with Crippen LogP contribution in [0.25, 0.3) is 0 Å². The number of halogens is 1. The Balaban J connectivity index is 0.00000200. The molecule has 5 heteroatoms. The molecule has 0 aromatic heterocycles. The first-order chi connectivity index (χ1) is 9.29. The summed E-state index contributed by atoms with van der Waals surface area (Å²) in [5, 5.41) is 3.44. The van der Waals surface area contributed by atoms with E-state index in [1.807, 2.05) is 0 Å². The molecule has 1 aliphatic carbocycles. The van der Waals surface area contributed by atoms with Crippen molar-refractivity contribution in [2.75, 3.05) is 39.4 Å². The molecule has 0 amide bonds. The van der Waals surface area contributed by atoms with Crippen LogP contribution in [-0.4, -0.2) is 50.3 Å². The number of hydrogen-bond donors (Lipinski definition) is 1. The Labute approximate surface area is 140 Å². The summed E-state index contributed by atoms with van der Waals surface area (Å²) < 4.78 is 5.49. The van der Waals surface area contributed by atoms with Gasteiger partial charge in [0.05, 0.1) is 0 Å². The lowest BCUT2D eigenvalue weighted by atomic mass is 10.0. The Bertz CT molecular complexity index is 299. The van der Waals surface area contributed by atoms with Crippen molar-refractivity contribution >= 4 is 29.9 Å². The topological polar surface area (TPSA) is 36.9 Å². The molecule has 1 saturated carbocycles. The number of hydrogen-bond acceptors (Lipinski definition) is 2. The molecule has 0 atom stereocenters. The lowest BCUT2D eigenvalue weighted by molar-refractivity contribution is 0.129. The van der Waals surface area contributed by atoms with E-state index in [2.05, 4.69) is 24.1 Å². The Kier molecular flexibility index (Phi) is 8.17. The Morgan fingerprint density at radius 3 is 2.50 bits per heavy atom. The van der Waals surface area contributed by atoms with Crippen LogP contribution < -0.4 is 5.32 Å². The van der Waals surface area contributed by atoms with Gasteiger partial charge in [-0.15, -0.1) is 24.0 Å². The highest BCUT2D eigenvalue weighted by molar-refractivity contribution is 14.0. The predicted molar refractivity (Wildman–Crippen MR) is 95.0 cm³/mol. The second-order valence-corrected chi connectivity index (χ2v) is 5.81. The maximum Gasteiger partial charge on any atom is 0.193 e. The van der Waals surface area contributed by atoms with Gasteiger partial charge >= 0.3 is 0 Å². The van der Waals surface area contributed by atoms with Crippen LogP contribution in [-0.2, 0) is 4.74 Å². The van der Waals surface area contributed by atoms with E-state index < -0.39 is 0 Å². The van der Waals surface area contributed by atoms with Crippen molar-refractivity contribution in [2.24, 2.45) is 10.4 Å². The molecule has 4 nitrogen and oxygen atoms in total. The average Bonchev–Trinajstić information content (AvgIpc) is 2.98. The minimum atomic E-state index is 0. The molecule has 1 heterocycles.